The topological polar surface area (TPSA) is 106 Å². The van der Waals surface area contributed by atoms with Crippen molar-refractivity contribution in [3.8, 4) is 0 Å². The second-order valence-electron chi connectivity index (χ2n) is 5.17. The molecule has 0 aliphatic rings. The van der Waals surface area contributed by atoms with Crippen molar-refractivity contribution in [2.24, 2.45) is 0 Å². The van der Waals surface area contributed by atoms with Gasteiger partial charge in [0.1, 0.15) is 22.2 Å². The molecular weight excluding hydrogens is 328 g/mol. The Morgan fingerprint density at radius 2 is 2.12 bits per heavy atom. The lowest BCUT2D eigenvalue weighted by Gasteiger charge is -2.07. The van der Waals surface area contributed by atoms with E-state index in [0.717, 1.165) is 16.0 Å². The number of nitrogens with one attached hydrogen (secondary N) is 2. The third kappa shape index (κ3) is 2.35. The van der Waals surface area contributed by atoms with Crippen LogP contribution >= 0.6 is 11.3 Å². The van der Waals surface area contributed by atoms with E-state index in [1.807, 2.05) is 13.0 Å². The van der Waals surface area contributed by atoms with Crippen LogP contribution in [0.25, 0.3) is 21.3 Å². The molecule has 0 spiro atoms. The Morgan fingerprint density at radius 3 is 2.96 bits per heavy atom. The molecule has 3 aromatic heterocycles. The molecule has 9 heteroatoms. The number of aromatic amines is 1. The first-order chi connectivity index (χ1) is 11.7. The van der Waals surface area contributed by atoms with Gasteiger partial charge in [0, 0.05) is 10.4 Å². The maximum atomic E-state index is 12.5. The summed E-state index contributed by atoms with van der Waals surface area (Å²) in [5, 5.41) is 10.9. The normalized spacial score (nSPS) is 11.2. The first kappa shape index (κ1) is 14.5. The van der Waals surface area contributed by atoms with E-state index in [4.69, 9.17) is 0 Å². The van der Waals surface area contributed by atoms with E-state index in [1.54, 1.807) is 18.2 Å². The first-order valence-corrected chi connectivity index (χ1v) is 8.09. The Balaban J connectivity index is 1.68. The average molecular weight is 340 g/mol. The highest BCUT2D eigenvalue weighted by Gasteiger charge is 2.12. The molecule has 2 N–H and O–H groups in total. The number of fused-ring (bicyclic) bond motifs is 2. The van der Waals surface area contributed by atoms with Crippen molar-refractivity contribution in [1.82, 2.24) is 25.1 Å². The minimum absolute atomic E-state index is 0.299. The Kier molecular flexibility index (Phi) is 3.35. The number of H-pyrrole nitrogens is 1. The number of aromatic nitrogens is 5. The number of amides is 1. The van der Waals surface area contributed by atoms with Gasteiger partial charge in [-0.15, -0.1) is 11.3 Å². The van der Waals surface area contributed by atoms with Gasteiger partial charge in [-0.1, -0.05) is 6.92 Å². The van der Waals surface area contributed by atoms with E-state index < -0.39 is 5.91 Å². The van der Waals surface area contributed by atoms with Gasteiger partial charge in [-0.2, -0.15) is 15.4 Å². The van der Waals surface area contributed by atoms with Crippen LogP contribution in [0.2, 0.25) is 0 Å². The average Bonchev–Trinajstić information content (AvgIpc) is 3.23. The highest BCUT2D eigenvalue weighted by atomic mass is 32.1. The minimum Gasteiger partial charge on any atom is -0.267 e. The molecule has 0 aliphatic carbocycles. The summed E-state index contributed by atoms with van der Waals surface area (Å²) in [7, 11) is 0. The number of benzene rings is 1. The predicted molar refractivity (Wildman–Crippen MR) is 90.8 cm³/mol. The Hall–Kier alpha value is -3.07. The molecule has 0 fully saturated rings. The number of carbonyl (C=O) groups excluding carboxylic acids is 1. The van der Waals surface area contributed by atoms with Crippen LogP contribution in [0.15, 0.2) is 35.4 Å². The van der Waals surface area contributed by atoms with Crippen molar-refractivity contribution in [2.75, 3.05) is 5.43 Å². The van der Waals surface area contributed by atoms with Gasteiger partial charge in [0.15, 0.2) is 0 Å². The lowest BCUT2D eigenvalue weighted by atomic mass is 10.2. The standard InChI is InChI=1S/C15H12N6O2S/c1-2-9-6-10-14(24-9)16-7-21(15(10)23)19-13(22)8-3-4-11-12(5-8)18-20-17-11/h3-7H,2H2,1H3,(H,19,22)(H,17,18,20). The smallest absolute Gasteiger partial charge is 0.267 e. The molecule has 0 bridgehead atoms. The van der Waals surface area contributed by atoms with Gasteiger partial charge in [0.2, 0.25) is 0 Å². The van der Waals surface area contributed by atoms with E-state index in [0.29, 0.717) is 26.8 Å². The molecule has 0 unspecified atom stereocenters. The predicted octanol–water partition coefficient (Wildman–Crippen LogP) is 1.68. The molecule has 120 valence electrons. The fourth-order valence-electron chi connectivity index (χ4n) is 2.38. The van der Waals surface area contributed by atoms with Gasteiger partial charge in [-0.25, -0.2) is 9.66 Å². The molecule has 0 radical (unpaired) electrons. The Labute approximate surface area is 139 Å². The summed E-state index contributed by atoms with van der Waals surface area (Å²) in [6.45, 7) is 2.02. The van der Waals surface area contributed by atoms with Crippen LogP contribution in [0.1, 0.15) is 22.2 Å². The SMILES string of the molecule is CCc1cc2c(=O)n(NC(=O)c3ccc4n[nH]nc4c3)cnc2s1. The molecule has 4 rings (SSSR count). The molecule has 1 aromatic carbocycles. The second kappa shape index (κ2) is 5.53. The van der Waals surface area contributed by atoms with Gasteiger partial charge in [0.05, 0.1) is 5.39 Å². The van der Waals surface area contributed by atoms with Gasteiger partial charge in [-0.3, -0.25) is 15.0 Å². The summed E-state index contributed by atoms with van der Waals surface area (Å²) < 4.78 is 1.10. The van der Waals surface area contributed by atoms with Crippen LogP contribution in [0.4, 0.5) is 0 Å². The summed E-state index contributed by atoms with van der Waals surface area (Å²) in [6, 6.07) is 6.73. The van der Waals surface area contributed by atoms with Crippen LogP contribution in [0.3, 0.4) is 0 Å². The largest absolute Gasteiger partial charge is 0.280 e. The molecule has 0 saturated carbocycles. The van der Waals surface area contributed by atoms with Crippen molar-refractivity contribution < 1.29 is 4.79 Å². The lowest BCUT2D eigenvalue weighted by Crippen LogP contribution is -2.33. The van der Waals surface area contributed by atoms with Crippen LogP contribution in [-0.2, 0) is 6.42 Å². The maximum Gasteiger partial charge on any atom is 0.280 e. The molecule has 3 heterocycles. The second-order valence-corrected chi connectivity index (χ2v) is 6.29. The quantitative estimate of drug-likeness (QED) is 0.590. The molecule has 8 nitrogen and oxygen atoms in total. The molecule has 0 aliphatic heterocycles. The Bertz CT molecular complexity index is 1130. The number of nitrogens with zero attached hydrogens (tertiary/aromatic N) is 4. The Morgan fingerprint density at radius 1 is 1.29 bits per heavy atom. The summed E-state index contributed by atoms with van der Waals surface area (Å²) in [4.78, 5) is 30.8. The maximum absolute atomic E-state index is 12.5. The number of aryl methyl sites for hydroxylation is 1. The summed E-state index contributed by atoms with van der Waals surface area (Å²) in [5.41, 5.74) is 3.87. The minimum atomic E-state index is -0.422. The van der Waals surface area contributed by atoms with Crippen molar-refractivity contribution in [3.05, 3.63) is 51.4 Å². The van der Waals surface area contributed by atoms with Crippen molar-refractivity contribution >= 4 is 38.5 Å². The van der Waals surface area contributed by atoms with Crippen molar-refractivity contribution in [1.29, 1.82) is 0 Å². The number of rotatable bonds is 3. The van der Waals surface area contributed by atoms with E-state index >= 15 is 0 Å². The van der Waals surface area contributed by atoms with Gasteiger partial charge >= 0.3 is 0 Å². The first-order valence-electron chi connectivity index (χ1n) is 7.27. The fourth-order valence-corrected chi connectivity index (χ4v) is 3.31. The molecule has 4 aromatic rings. The number of hydrogen-bond donors (Lipinski definition) is 2. The van der Waals surface area contributed by atoms with Crippen LogP contribution in [0.5, 0.6) is 0 Å². The summed E-state index contributed by atoms with van der Waals surface area (Å²) >= 11 is 1.48. The van der Waals surface area contributed by atoms with Gasteiger partial charge < -0.3 is 0 Å². The molecule has 0 atom stereocenters. The highest BCUT2D eigenvalue weighted by Crippen LogP contribution is 2.20. The van der Waals surface area contributed by atoms with Crippen LogP contribution < -0.4 is 11.0 Å². The van der Waals surface area contributed by atoms with E-state index in [2.05, 4.69) is 25.8 Å². The van der Waals surface area contributed by atoms with Gasteiger partial charge in [0.25, 0.3) is 11.5 Å². The van der Waals surface area contributed by atoms with Crippen molar-refractivity contribution in [3.63, 3.8) is 0 Å². The zero-order valence-electron chi connectivity index (χ0n) is 12.6. The summed E-state index contributed by atoms with van der Waals surface area (Å²) in [6.07, 6.45) is 2.16. The van der Waals surface area contributed by atoms with Crippen LogP contribution in [0, 0.1) is 0 Å². The molecular formula is C15H12N6O2S. The third-order valence-corrected chi connectivity index (χ3v) is 4.84. The molecule has 24 heavy (non-hydrogen) atoms. The number of thiophene rings is 1. The number of hydrogen-bond acceptors (Lipinski definition) is 6. The molecule has 0 saturated heterocycles. The zero-order valence-corrected chi connectivity index (χ0v) is 13.4. The fraction of sp³-hybridized carbons (Fsp3) is 0.133. The lowest BCUT2D eigenvalue weighted by molar-refractivity contribution is 0.101. The van der Waals surface area contributed by atoms with Gasteiger partial charge in [-0.05, 0) is 30.7 Å². The number of carbonyl (C=O) groups is 1. The molecule has 1 amide bonds. The monoisotopic (exact) mass is 340 g/mol. The summed E-state index contributed by atoms with van der Waals surface area (Å²) in [5.74, 6) is -0.422. The third-order valence-electron chi connectivity index (χ3n) is 3.65. The van der Waals surface area contributed by atoms with Crippen LogP contribution in [-0.4, -0.2) is 31.0 Å². The van der Waals surface area contributed by atoms with E-state index in [9.17, 15) is 9.59 Å². The zero-order chi connectivity index (χ0) is 16.7. The van der Waals surface area contributed by atoms with E-state index in [-0.39, 0.29) is 5.56 Å². The van der Waals surface area contributed by atoms with E-state index in [1.165, 1.54) is 17.7 Å². The highest BCUT2D eigenvalue weighted by molar-refractivity contribution is 7.18. The van der Waals surface area contributed by atoms with Crippen molar-refractivity contribution in [2.45, 2.75) is 13.3 Å².